The first-order valence-electron chi connectivity index (χ1n) is 10.4. The second-order valence-corrected chi connectivity index (χ2v) is 7.65. The minimum absolute atomic E-state index is 0.219. The fourth-order valence-electron chi connectivity index (χ4n) is 2.89. The van der Waals surface area contributed by atoms with E-state index in [1.807, 2.05) is 54.5 Å². The van der Waals surface area contributed by atoms with Crippen molar-refractivity contribution >= 4 is 34.7 Å². The van der Waals surface area contributed by atoms with Crippen molar-refractivity contribution in [1.29, 1.82) is 0 Å². The number of aromatic nitrogens is 2. The minimum Gasteiger partial charge on any atom is -0.399 e. The summed E-state index contributed by atoms with van der Waals surface area (Å²) in [7, 11) is 1.55. The molecule has 0 radical (unpaired) electrons. The van der Waals surface area contributed by atoms with E-state index >= 15 is 0 Å². The van der Waals surface area contributed by atoms with E-state index in [0.717, 1.165) is 33.8 Å². The van der Waals surface area contributed by atoms with Crippen LogP contribution in [0.3, 0.4) is 0 Å². The standard InChI is InChI=1S/C21H29ClN6O.C3H6/c1-8-18(22)21(25-20-11-14(4)26-27-20)24-16(6)23-19-10-12(2)17(9-13(19)3)15(5)28-29-7;1-3-2/h8-11,16,23H,1-7H3,(H2,24,25,26,27);3H,1H2,2H3/b18-8+,28-15+;. The highest BCUT2D eigenvalue weighted by Crippen LogP contribution is 2.23. The number of allylic oxidation sites excluding steroid dienone is 2. The highest BCUT2D eigenvalue weighted by Gasteiger charge is 2.12. The van der Waals surface area contributed by atoms with E-state index in [4.69, 9.17) is 21.4 Å². The summed E-state index contributed by atoms with van der Waals surface area (Å²) in [6.07, 6.45) is 3.32. The van der Waals surface area contributed by atoms with E-state index in [9.17, 15) is 0 Å². The molecule has 0 saturated carbocycles. The highest BCUT2D eigenvalue weighted by atomic mass is 35.5. The van der Waals surface area contributed by atoms with E-state index in [1.54, 1.807) is 19.3 Å². The fourth-order valence-corrected chi connectivity index (χ4v) is 2.99. The maximum absolute atomic E-state index is 6.35. The molecule has 1 unspecified atom stereocenters. The lowest BCUT2D eigenvalue weighted by Crippen LogP contribution is -2.21. The first kappa shape index (κ1) is 27.0. The third kappa shape index (κ3) is 8.23. The minimum atomic E-state index is -0.219. The number of aromatic amines is 1. The van der Waals surface area contributed by atoms with Crippen molar-refractivity contribution < 1.29 is 4.84 Å². The van der Waals surface area contributed by atoms with Gasteiger partial charge < -0.3 is 15.5 Å². The molecule has 0 saturated heterocycles. The zero-order valence-corrected chi connectivity index (χ0v) is 21.1. The molecule has 0 amide bonds. The van der Waals surface area contributed by atoms with Gasteiger partial charge in [0.15, 0.2) is 5.82 Å². The van der Waals surface area contributed by atoms with Gasteiger partial charge in [-0.1, -0.05) is 28.9 Å². The van der Waals surface area contributed by atoms with Crippen LogP contribution >= 0.6 is 11.6 Å². The van der Waals surface area contributed by atoms with Gasteiger partial charge in [0.2, 0.25) is 0 Å². The van der Waals surface area contributed by atoms with Gasteiger partial charge in [0, 0.05) is 23.0 Å². The second-order valence-electron chi connectivity index (χ2n) is 7.25. The Balaban J connectivity index is 0.00000161. The molecule has 32 heavy (non-hydrogen) atoms. The summed E-state index contributed by atoms with van der Waals surface area (Å²) in [5.74, 6) is 1.22. The van der Waals surface area contributed by atoms with Crippen LogP contribution in [-0.2, 0) is 4.84 Å². The zero-order valence-electron chi connectivity index (χ0n) is 20.3. The Hall–Kier alpha value is -3.06. The fraction of sp³-hybridized carbons (Fsp3) is 0.375. The predicted octanol–water partition coefficient (Wildman–Crippen LogP) is 6.31. The smallest absolute Gasteiger partial charge is 0.153 e. The Morgan fingerprint density at radius 3 is 2.41 bits per heavy atom. The number of rotatable bonds is 7. The molecule has 1 aromatic heterocycles. The maximum Gasteiger partial charge on any atom is 0.153 e. The molecule has 174 valence electrons. The van der Waals surface area contributed by atoms with Gasteiger partial charge in [0.25, 0.3) is 0 Å². The summed E-state index contributed by atoms with van der Waals surface area (Å²) in [6.45, 7) is 17.0. The van der Waals surface area contributed by atoms with Crippen molar-refractivity contribution in [2.45, 2.75) is 54.6 Å². The van der Waals surface area contributed by atoms with E-state index < -0.39 is 0 Å². The molecule has 0 bridgehead atoms. The summed E-state index contributed by atoms with van der Waals surface area (Å²) in [5.41, 5.74) is 6.04. The number of anilines is 2. The molecule has 0 spiro atoms. The molecular formula is C24H35ClN6O. The third-order valence-corrected chi connectivity index (χ3v) is 4.71. The second kappa shape index (κ2) is 13.4. The van der Waals surface area contributed by atoms with Crippen molar-refractivity contribution in [3.63, 3.8) is 0 Å². The van der Waals surface area contributed by atoms with Gasteiger partial charge in [-0.2, -0.15) is 5.10 Å². The number of nitrogens with zero attached hydrogens (tertiary/aromatic N) is 3. The number of halogens is 1. The summed E-state index contributed by atoms with van der Waals surface area (Å²) < 4.78 is 0. The molecule has 1 atom stereocenters. The predicted molar refractivity (Wildman–Crippen MR) is 138 cm³/mol. The van der Waals surface area contributed by atoms with Crippen LogP contribution in [0.2, 0.25) is 0 Å². The van der Waals surface area contributed by atoms with Crippen molar-refractivity contribution in [2.75, 3.05) is 17.7 Å². The van der Waals surface area contributed by atoms with Gasteiger partial charge in [0.05, 0.1) is 10.7 Å². The van der Waals surface area contributed by atoms with E-state index in [2.05, 4.69) is 44.7 Å². The van der Waals surface area contributed by atoms with Crippen LogP contribution in [0, 0.1) is 20.8 Å². The molecular weight excluding hydrogens is 424 g/mol. The summed E-state index contributed by atoms with van der Waals surface area (Å²) >= 11 is 6.35. The monoisotopic (exact) mass is 458 g/mol. The number of hydrogen-bond donors (Lipinski definition) is 3. The molecule has 2 aromatic rings. The van der Waals surface area contributed by atoms with Crippen LogP contribution < -0.4 is 10.6 Å². The average molecular weight is 459 g/mol. The van der Waals surface area contributed by atoms with Gasteiger partial charge in [0.1, 0.15) is 19.1 Å². The Labute approximate surface area is 196 Å². The van der Waals surface area contributed by atoms with Crippen LogP contribution in [0.5, 0.6) is 0 Å². The van der Waals surface area contributed by atoms with Crippen LogP contribution in [0.4, 0.5) is 11.5 Å². The summed E-state index contributed by atoms with van der Waals surface area (Å²) in [5, 5.41) is 18.2. The Morgan fingerprint density at radius 2 is 1.88 bits per heavy atom. The maximum atomic E-state index is 6.35. The van der Waals surface area contributed by atoms with Crippen LogP contribution in [0.1, 0.15) is 50.1 Å². The number of benzene rings is 1. The third-order valence-electron chi connectivity index (χ3n) is 4.31. The quantitative estimate of drug-likeness (QED) is 0.196. The Bertz CT molecular complexity index is 990. The molecule has 0 fully saturated rings. The number of oxime groups is 1. The highest BCUT2D eigenvalue weighted by molar-refractivity contribution is 6.44. The molecule has 1 heterocycles. The van der Waals surface area contributed by atoms with Crippen LogP contribution in [-0.4, -0.2) is 35.0 Å². The molecule has 3 N–H and O–H groups in total. The topological polar surface area (TPSA) is 86.7 Å². The number of nitrogens with one attached hydrogen (secondary N) is 3. The number of hydrogen-bond acceptors (Lipinski definition) is 5. The molecule has 0 aliphatic heterocycles. The lowest BCUT2D eigenvalue weighted by Gasteiger charge is -2.18. The van der Waals surface area contributed by atoms with E-state index in [1.165, 1.54) is 0 Å². The van der Waals surface area contributed by atoms with Crippen molar-refractivity contribution in [2.24, 2.45) is 10.1 Å². The first-order valence-corrected chi connectivity index (χ1v) is 10.8. The Kier molecular flexibility index (Phi) is 11.3. The number of H-pyrrole nitrogens is 1. The van der Waals surface area contributed by atoms with Gasteiger partial charge in [-0.3, -0.25) is 5.10 Å². The SMILES string of the molecule is C/C=C(Cl)\C(=N/C(C)Nc1cc(C)c(/C(C)=N/OC)cc1C)Nc1cc(C)[nH]n1.C=CC. The normalized spacial score (nSPS) is 13.1. The molecule has 1 aromatic carbocycles. The van der Waals surface area contributed by atoms with Gasteiger partial charge in [-0.15, -0.1) is 6.58 Å². The van der Waals surface area contributed by atoms with Crippen molar-refractivity contribution in [1.82, 2.24) is 10.2 Å². The zero-order chi connectivity index (χ0) is 24.3. The number of aryl methyl sites for hydroxylation is 3. The van der Waals surface area contributed by atoms with E-state index in [-0.39, 0.29) is 6.17 Å². The van der Waals surface area contributed by atoms with Gasteiger partial charge in [-0.05, 0) is 71.7 Å². The van der Waals surface area contributed by atoms with E-state index in [0.29, 0.717) is 16.7 Å². The molecule has 0 aliphatic carbocycles. The number of aliphatic imine (C=N–C) groups is 1. The van der Waals surface area contributed by atoms with Gasteiger partial charge in [-0.25, -0.2) is 4.99 Å². The molecule has 0 aliphatic rings. The Morgan fingerprint density at radius 1 is 1.22 bits per heavy atom. The average Bonchev–Trinajstić information content (AvgIpc) is 3.14. The van der Waals surface area contributed by atoms with Crippen LogP contribution in [0.15, 0.2) is 52.1 Å². The lowest BCUT2D eigenvalue weighted by molar-refractivity contribution is 0.213. The van der Waals surface area contributed by atoms with Crippen molar-refractivity contribution in [3.05, 3.63) is 64.3 Å². The molecule has 7 nitrogen and oxygen atoms in total. The summed E-state index contributed by atoms with van der Waals surface area (Å²) in [6, 6.07) is 6.08. The number of amidine groups is 1. The lowest BCUT2D eigenvalue weighted by atomic mass is 10.0. The summed E-state index contributed by atoms with van der Waals surface area (Å²) in [4.78, 5) is 9.60. The molecule has 2 rings (SSSR count). The van der Waals surface area contributed by atoms with Gasteiger partial charge >= 0.3 is 0 Å². The molecule has 8 heteroatoms. The van der Waals surface area contributed by atoms with Crippen molar-refractivity contribution in [3.8, 4) is 0 Å². The van der Waals surface area contributed by atoms with Crippen LogP contribution in [0.25, 0.3) is 0 Å². The largest absolute Gasteiger partial charge is 0.399 e. The first-order chi connectivity index (χ1) is 15.2.